The fourth-order valence-electron chi connectivity index (χ4n) is 9.34. The van der Waals surface area contributed by atoms with E-state index in [1.165, 1.54) is 103 Å². The molecule has 0 aliphatic carbocycles. The van der Waals surface area contributed by atoms with E-state index in [1.54, 1.807) is 0 Å². The highest BCUT2D eigenvalue weighted by molar-refractivity contribution is 6.33. The largest absolute Gasteiger partial charge is 0.306 e. The molecule has 0 aliphatic rings. The normalized spacial score (nSPS) is 12.0. The molecule has 2 nitrogen and oxygen atoms in total. The van der Waals surface area contributed by atoms with Crippen molar-refractivity contribution in [2.45, 2.75) is 0 Å². The van der Waals surface area contributed by atoms with E-state index in [-0.39, 0.29) is 0 Å². The minimum atomic E-state index is 0.946. The minimum Gasteiger partial charge on any atom is -0.306 e. The fourth-order valence-corrected chi connectivity index (χ4v) is 9.34. The maximum Gasteiger partial charge on any atom is 0.137 e. The van der Waals surface area contributed by atoms with Gasteiger partial charge in [0.25, 0.3) is 0 Å². The fraction of sp³-hybridized carbons (Fsp3) is 0. The highest BCUT2D eigenvalue weighted by Gasteiger charge is 2.19. The molecule has 0 atom stereocenters. The molecule has 254 valence electrons. The van der Waals surface area contributed by atoms with Gasteiger partial charge in [-0.1, -0.05) is 164 Å². The monoisotopic (exact) mass is 696 g/mol. The van der Waals surface area contributed by atoms with Gasteiger partial charge in [0.15, 0.2) is 0 Å². The van der Waals surface area contributed by atoms with E-state index in [1.807, 2.05) is 12.1 Å². The first-order chi connectivity index (χ1) is 27.3. The average molecular weight is 697 g/mol. The lowest BCUT2D eigenvalue weighted by molar-refractivity contribution is 1.19. The first-order valence-corrected chi connectivity index (χ1v) is 19.0. The summed E-state index contributed by atoms with van der Waals surface area (Å²) in [5, 5.41) is 17.7. The molecule has 0 unspecified atom stereocenters. The first kappa shape index (κ1) is 30.2. The molecule has 2 aromatic heterocycles. The summed E-state index contributed by atoms with van der Waals surface area (Å²) in [5.74, 6) is 0. The van der Waals surface area contributed by atoms with Crippen LogP contribution >= 0.6 is 0 Å². The number of nitrogens with zero attached hydrogens (tertiary/aromatic N) is 2. The van der Waals surface area contributed by atoms with Crippen LogP contribution in [0, 0.1) is 0 Å². The van der Waals surface area contributed by atoms with Crippen molar-refractivity contribution in [2.24, 2.45) is 0 Å². The van der Waals surface area contributed by atoms with Crippen molar-refractivity contribution in [1.82, 2.24) is 9.38 Å². The standard InChI is InChI=1S/C53H32N2/c1-2-14-39-38(13-1)41-19-9-11-34-26-27-35-12-10-20-42(52(35)51(34)41)40-29-28-37(31-47(39)40)33-22-24-36(25-23-33)50-43-15-3-5-17-45(43)53(46-18-6-4-16-44(46)50)48-32-55-30-8-7-21-49(55)54-48/h1-32H. The highest BCUT2D eigenvalue weighted by atomic mass is 15.0. The van der Waals surface area contributed by atoms with Crippen LogP contribution in [0.25, 0.3) is 115 Å². The van der Waals surface area contributed by atoms with Crippen molar-refractivity contribution in [1.29, 1.82) is 0 Å². The van der Waals surface area contributed by atoms with E-state index < -0.39 is 0 Å². The summed E-state index contributed by atoms with van der Waals surface area (Å²) in [4.78, 5) is 5.08. The molecule has 0 aliphatic heterocycles. The topological polar surface area (TPSA) is 17.3 Å². The van der Waals surface area contributed by atoms with Gasteiger partial charge in [0.1, 0.15) is 5.65 Å². The number of hydrogen-bond acceptors (Lipinski definition) is 1. The summed E-state index contributed by atoms with van der Waals surface area (Å²) >= 11 is 0. The number of hydrogen-bond donors (Lipinski definition) is 0. The first-order valence-electron chi connectivity index (χ1n) is 19.0. The summed E-state index contributed by atoms with van der Waals surface area (Å²) in [7, 11) is 0. The zero-order valence-electron chi connectivity index (χ0n) is 29.9. The van der Waals surface area contributed by atoms with Crippen LogP contribution in [-0.4, -0.2) is 9.38 Å². The number of pyridine rings is 1. The lowest BCUT2D eigenvalue weighted by atomic mass is 9.87. The smallest absolute Gasteiger partial charge is 0.137 e. The number of fused-ring (bicyclic) bond motifs is 8. The molecule has 0 radical (unpaired) electrons. The molecular weight excluding hydrogens is 665 g/mol. The molecule has 0 saturated carbocycles. The van der Waals surface area contributed by atoms with Crippen LogP contribution < -0.4 is 0 Å². The van der Waals surface area contributed by atoms with Gasteiger partial charge < -0.3 is 4.40 Å². The maximum atomic E-state index is 5.08. The molecule has 0 amide bonds. The van der Waals surface area contributed by atoms with Crippen LogP contribution in [0.5, 0.6) is 0 Å². The summed E-state index contributed by atoms with van der Waals surface area (Å²) in [6.45, 7) is 0. The van der Waals surface area contributed by atoms with Gasteiger partial charge in [-0.2, -0.15) is 0 Å². The van der Waals surface area contributed by atoms with E-state index in [0.29, 0.717) is 0 Å². The molecule has 12 aromatic rings. The number of aromatic nitrogens is 2. The van der Waals surface area contributed by atoms with Gasteiger partial charge in [0.2, 0.25) is 0 Å². The summed E-state index contributed by atoms with van der Waals surface area (Å²) in [5.41, 5.74) is 7.95. The molecule has 10 aromatic carbocycles. The van der Waals surface area contributed by atoms with E-state index in [0.717, 1.165) is 11.3 Å². The van der Waals surface area contributed by atoms with E-state index in [2.05, 4.69) is 187 Å². The number of rotatable bonds is 3. The van der Waals surface area contributed by atoms with E-state index >= 15 is 0 Å². The van der Waals surface area contributed by atoms with Gasteiger partial charge in [0, 0.05) is 18.0 Å². The molecule has 12 rings (SSSR count). The highest BCUT2D eigenvalue weighted by Crippen LogP contribution is 2.45. The molecule has 2 heteroatoms. The van der Waals surface area contributed by atoms with Crippen LogP contribution in [0.1, 0.15) is 0 Å². The van der Waals surface area contributed by atoms with Crippen molar-refractivity contribution in [2.75, 3.05) is 0 Å². The Morgan fingerprint density at radius 1 is 0.327 bits per heavy atom. The Hall–Kier alpha value is -7.29. The van der Waals surface area contributed by atoms with Gasteiger partial charge in [-0.05, 0) is 116 Å². The summed E-state index contributed by atoms with van der Waals surface area (Å²) in [6.07, 6.45) is 4.22. The van der Waals surface area contributed by atoms with Crippen LogP contribution in [0.15, 0.2) is 194 Å². The zero-order valence-corrected chi connectivity index (χ0v) is 29.9. The predicted octanol–water partition coefficient (Wildman–Crippen LogP) is 14.4. The van der Waals surface area contributed by atoms with Crippen LogP contribution in [0.2, 0.25) is 0 Å². The van der Waals surface area contributed by atoms with Gasteiger partial charge >= 0.3 is 0 Å². The molecule has 2 heterocycles. The molecule has 0 spiro atoms. The van der Waals surface area contributed by atoms with Gasteiger partial charge in [-0.3, -0.25) is 0 Å². The summed E-state index contributed by atoms with van der Waals surface area (Å²) < 4.78 is 2.10. The third kappa shape index (κ3) is 4.46. The predicted molar refractivity (Wildman–Crippen MR) is 234 cm³/mol. The van der Waals surface area contributed by atoms with E-state index in [9.17, 15) is 0 Å². The molecule has 0 bridgehead atoms. The van der Waals surface area contributed by atoms with Crippen LogP contribution in [0.4, 0.5) is 0 Å². The van der Waals surface area contributed by atoms with Gasteiger partial charge in [-0.25, -0.2) is 4.98 Å². The lowest BCUT2D eigenvalue weighted by Gasteiger charge is -2.17. The third-order valence-electron chi connectivity index (χ3n) is 11.8. The molecule has 0 saturated heterocycles. The van der Waals surface area contributed by atoms with Crippen molar-refractivity contribution in [3.8, 4) is 33.5 Å². The number of imidazole rings is 1. The zero-order chi connectivity index (χ0) is 36.0. The van der Waals surface area contributed by atoms with Crippen LogP contribution in [0.3, 0.4) is 0 Å². The number of benzene rings is 9. The van der Waals surface area contributed by atoms with Gasteiger partial charge in [0.05, 0.1) is 5.69 Å². The lowest BCUT2D eigenvalue weighted by Crippen LogP contribution is -1.91. The average Bonchev–Trinajstić information content (AvgIpc) is 3.68. The Morgan fingerprint density at radius 3 is 1.44 bits per heavy atom. The Morgan fingerprint density at radius 2 is 0.818 bits per heavy atom. The Kier molecular flexibility index (Phi) is 6.37. The molecular formula is C53H32N2. The maximum absolute atomic E-state index is 5.08. The second-order valence-electron chi connectivity index (χ2n) is 14.7. The Bertz CT molecular complexity index is 3450. The molecule has 0 N–H and O–H groups in total. The van der Waals surface area contributed by atoms with Crippen molar-refractivity contribution >= 4 is 81.1 Å². The van der Waals surface area contributed by atoms with Crippen molar-refractivity contribution < 1.29 is 0 Å². The SMILES string of the molecule is c1ccc2c(-c3cn4ccccc4n3)c3ccccc3c(-c3ccc(-c4ccc5c(c4)c4ccccc4c4cccc6ccc7cccc5c7c64)cc3)c2c1. The second-order valence-corrected chi connectivity index (χ2v) is 14.7. The second kappa shape index (κ2) is 11.6. The van der Waals surface area contributed by atoms with Crippen LogP contribution in [-0.2, 0) is 0 Å². The Labute approximate surface area is 317 Å². The third-order valence-corrected chi connectivity index (χ3v) is 11.8. The molecule has 0 fully saturated rings. The van der Waals surface area contributed by atoms with Gasteiger partial charge in [-0.15, -0.1) is 0 Å². The minimum absolute atomic E-state index is 0.946. The summed E-state index contributed by atoms with van der Waals surface area (Å²) in [6, 6.07) is 66.9. The van der Waals surface area contributed by atoms with Crippen molar-refractivity contribution in [3.05, 3.63) is 194 Å². The van der Waals surface area contributed by atoms with E-state index in [4.69, 9.17) is 4.98 Å². The quantitative estimate of drug-likeness (QED) is 0.133. The molecule has 55 heavy (non-hydrogen) atoms. The Balaban J connectivity index is 1.07. The van der Waals surface area contributed by atoms with Crippen molar-refractivity contribution in [3.63, 3.8) is 0 Å².